The summed E-state index contributed by atoms with van der Waals surface area (Å²) < 4.78 is 17.2. The Morgan fingerprint density at radius 2 is 1.83 bits per heavy atom. The Morgan fingerprint density at radius 1 is 1.06 bits per heavy atom. The highest BCUT2D eigenvalue weighted by Gasteiger charge is 2.29. The van der Waals surface area contributed by atoms with Gasteiger partial charge >= 0.3 is 0 Å². The van der Waals surface area contributed by atoms with Gasteiger partial charge in [-0.25, -0.2) is 0 Å². The number of nitrogens with zero attached hydrogens (tertiary/aromatic N) is 3. The third kappa shape index (κ3) is 5.35. The van der Waals surface area contributed by atoms with Crippen molar-refractivity contribution in [3.63, 3.8) is 0 Å². The van der Waals surface area contributed by atoms with Crippen LogP contribution in [0.15, 0.2) is 59.1 Å². The fourth-order valence-electron chi connectivity index (χ4n) is 4.97. The monoisotopic (exact) mass is 475 g/mol. The van der Waals surface area contributed by atoms with Crippen molar-refractivity contribution in [3.8, 4) is 17.0 Å². The lowest BCUT2D eigenvalue weighted by Gasteiger charge is -2.29. The van der Waals surface area contributed by atoms with E-state index in [0.717, 1.165) is 73.8 Å². The molecule has 35 heavy (non-hydrogen) atoms. The maximum Gasteiger partial charge on any atom is 0.254 e. The van der Waals surface area contributed by atoms with Gasteiger partial charge in [-0.15, -0.1) is 0 Å². The van der Waals surface area contributed by atoms with Crippen LogP contribution in [0, 0.1) is 0 Å². The number of aromatic nitrogens is 1. The van der Waals surface area contributed by atoms with E-state index in [1.54, 1.807) is 7.11 Å². The molecule has 2 aliphatic rings. The maximum atomic E-state index is 13.8. The minimum atomic E-state index is -0.0343. The molecule has 0 aliphatic carbocycles. The van der Waals surface area contributed by atoms with E-state index < -0.39 is 0 Å². The molecule has 7 heteroatoms. The third-order valence-corrected chi connectivity index (χ3v) is 6.88. The topological polar surface area (TPSA) is 68.0 Å². The molecule has 0 radical (unpaired) electrons. The zero-order valence-electron chi connectivity index (χ0n) is 20.3. The van der Waals surface area contributed by atoms with Crippen LogP contribution in [0.1, 0.15) is 48.0 Å². The molecule has 184 valence electrons. The molecule has 1 aromatic heterocycles. The fraction of sp³-hybridized carbons (Fsp3) is 0.429. The molecular formula is C28H33N3O4. The van der Waals surface area contributed by atoms with Crippen LogP contribution in [-0.4, -0.2) is 55.4 Å². The number of rotatable bonds is 8. The van der Waals surface area contributed by atoms with E-state index in [1.807, 2.05) is 59.5 Å². The minimum absolute atomic E-state index is 0.0343. The Morgan fingerprint density at radius 3 is 2.51 bits per heavy atom. The van der Waals surface area contributed by atoms with E-state index in [2.05, 4.69) is 10.1 Å². The van der Waals surface area contributed by atoms with Crippen LogP contribution in [0.3, 0.4) is 0 Å². The van der Waals surface area contributed by atoms with E-state index in [-0.39, 0.29) is 12.0 Å². The lowest BCUT2D eigenvalue weighted by Crippen LogP contribution is -2.38. The Labute approximate surface area is 206 Å². The van der Waals surface area contributed by atoms with Crippen molar-refractivity contribution in [3.05, 3.63) is 65.7 Å². The first-order chi connectivity index (χ1) is 17.2. The Balaban J connectivity index is 1.50. The van der Waals surface area contributed by atoms with E-state index in [9.17, 15) is 4.79 Å². The molecule has 1 atom stereocenters. The number of carbonyl (C=O) groups excluding carboxylic acids is 1. The first kappa shape index (κ1) is 23.4. The van der Waals surface area contributed by atoms with E-state index in [0.29, 0.717) is 18.7 Å². The van der Waals surface area contributed by atoms with Crippen LogP contribution in [0.5, 0.6) is 5.75 Å². The van der Waals surface area contributed by atoms with Gasteiger partial charge in [-0.2, -0.15) is 0 Å². The summed E-state index contributed by atoms with van der Waals surface area (Å²) in [6, 6.07) is 17.4. The predicted molar refractivity (Wildman–Crippen MR) is 135 cm³/mol. The highest BCUT2D eigenvalue weighted by atomic mass is 16.5. The van der Waals surface area contributed by atoms with Crippen molar-refractivity contribution < 1.29 is 18.8 Å². The first-order valence-electron chi connectivity index (χ1n) is 12.6. The van der Waals surface area contributed by atoms with Crippen molar-refractivity contribution in [1.82, 2.24) is 10.1 Å². The molecule has 1 amide bonds. The van der Waals surface area contributed by atoms with Gasteiger partial charge in [0, 0.05) is 37.4 Å². The molecular weight excluding hydrogens is 442 g/mol. The second-order valence-electron chi connectivity index (χ2n) is 9.28. The number of amides is 1. The standard InChI is InChI=1S/C28H33N3O4/c1-33-23-14-12-22(13-15-23)27(32)31(19-24-11-8-18-34-24)20-25-26(21-9-4-2-5-10-21)29-35-28(25)30-16-6-3-7-17-30/h2,4-5,9-10,12-15,24H,3,6-8,11,16-20H2,1H3/t24-/m1/s1. The van der Waals surface area contributed by atoms with Gasteiger partial charge in [-0.1, -0.05) is 35.5 Å². The molecule has 5 rings (SSSR count). The van der Waals surface area contributed by atoms with Crippen LogP contribution >= 0.6 is 0 Å². The van der Waals surface area contributed by atoms with E-state index in [1.165, 1.54) is 6.42 Å². The van der Waals surface area contributed by atoms with Crippen LogP contribution < -0.4 is 9.64 Å². The number of hydrogen-bond acceptors (Lipinski definition) is 6. The van der Waals surface area contributed by atoms with Crippen molar-refractivity contribution in [2.75, 3.05) is 38.3 Å². The number of methoxy groups -OCH3 is 1. The summed E-state index contributed by atoms with van der Waals surface area (Å²) >= 11 is 0. The van der Waals surface area contributed by atoms with Gasteiger partial charge in [0.05, 0.1) is 25.3 Å². The number of carbonyl (C=O) groups is 1. The third-order valence-electron chi connectivity index (χ3n) is 6.88. The van der Waals surface area contributed by atoms with Gasteiger partial charge < -0.3 is 23.8 Å². The summed E-state index contributed by atoms with van der Waals surface area (Å²) in [5.41, 5.74) is 3.37. The van der Waals surface area contributed by atoms with E-state index >= 15 is 0 Å². The summed E-state index contributed by atoms with van der Waals surface area (Å²) in [4.78, 5) is 17.9. The summed E-state index contributed by atoms with van der Waals surface area (Å²) in [5, 5.41) is 4.50. The van der Waals surface area contributed by atoms with Crippen molar-refractivity contribution in [1.29, 1.82) is 0 Å². The highest BCUT2D eigenvalue weighted by Crippen LogP contribution is 2.34. The normalized spacial score (nSPS) is 18.0. The van der Waals surface area contributed by atoms with Crippen LogP contribution in [0.4, 0.5) is 5.88 Å². The lowest BCUT2D eigenvalue weighted by molar-refractivity contribution is 0.0507. The zero-order valence-corrected chi connectivity index (χ0v) is 20.3. The molecule has 0 unspecified atom stereocenters. The van der Waals surface area contributed by atoms with Crippen LogP contribution in [0.25, 0.3) is 11.3 Å². The van der Waals surface area contributed by atoms with Gasteiger partial charge in [0.2, 0.25) is 5.88 Å². The van der Waals surface area contributed by atoms with Gasteiger partial charge in [0.15, 0.2) is 0 Å². The minimum Gasteiger partial charge on any atom is -0.497 e. The van der Waals surface area contributed by atoms with Crippen molar-refractivity contribution in [2.45, 2.75) is 44.8 Å². The number of hydrogen-bond donors (Lipinski definition) is 0. The Hall–Kier alpha value is -3.32. The number of ether oxygens (including phenoxy) is 2. The van der Waals surface area contributed by atoms with Crippen molar-refractivity contribution in [2.24, 2.45) is 0 Å². The fourth-order valence-corrected chi connectivity index (χ4v) is 4.97. The molecule has 0 saturated carbocycles. The maximum absolute atomic E-state index is 13.8. The van der Waals surface area contributed by atoms with Crippen LogP contribution in [-0.2, 0) is 11.3 Å². The SMILES string of the molecule is COc1ccc(C(=O)N(Cc2c(-c3ccccc3)noc2N2CCCCC2)C[C@H]2CCCO2)cc1. The highest BCUT2D eigenvalue weighted by molar-refractivity contribution is 5.94. The molecule has 0 N–H and O–H groups in total. The molecule has 0 spiro atoms. The summed E-state index contributed by atoms with van der Waals surface area (Å²) in [5.74, 6) is 1.47. The molecule has 2 aromatic carbocycles. The van der Waals surface area contributed by atoms with Gasteiger partial charge in [-0.3, -0.25) is 4.79 Å². The molecule has 3 aromatic rings. The van der Waals surface area contributed by atoms with Gasteiger partial charge in [-0.05, 0) is 56.4 Å². The molecule has 2 aliphatic heterocycles. The lowest BCUT2D eigenvalue weighted by atomic mass is 10.0. The zero-order chi connectivity index (χ0) is 24.0. The van der Waals surface area contributed by atoms with Gasteiger partial charge in [0.1, 0.15) is 11.4 Å². The molecule has 0 bridgehead atoms. The quantitative estimate of drug-likeness (QED) is 0.448. The van der Waals surface area contributed by atoms with E-state index in [4.69, 9.17) is 14.0 Å². The number of anilines is 1. The molecule has 2 fully saturated rings. The summed E-state index contributed by atoms with van der Waals surface area (Å²) in [6.07, 6.45) is 5.51. The molecule has 3 heterocycles. The average molecular weight is 476 g/mol. The summed E-state index contributed by atoms with van der Waals surface area (Å²) in [6.45, 7) is 3.56. The van der Waals surface area contributed by atoms with Crippen molar-refractivity contribution >= 4 is 11.8 Å². The number of benzene rings is 2. The second kappa shape index (κ2) is 11.0. The average Bonchev–Trinajstić information content (AvgIpc) is 3.59. The first-order valence-corrected chi connectivity index (χ1v) is 12.6. The van der Waals surface area contributed by atoms with Crippen LogP contribution in [0.2, 0.25) is 0 Å². The largest absolute Gasteiger partial charge is 0.497 e. The smallest absolute Gasteiger partial charge is 0.254 e. The second-order valence-corrected chi connectivity index (χ2v) is 9.28. The van der Waals surface area contributed by atoms with Gasteiger partial charge in [0.25, 0.3) is 5.91 Å². The molecule has 2 saturated heterocycles. The Kier molecular flexibility index (Phi) is 7.33. The number of piperidine rings is 1. The molecule has 7 nitrogen and oxygen atoms in total. The Bertz CT molecular complexity index is 1100. The summed E-state index contributed by atoms with van der Waals surface area (Å²) in [7, 11) is 1.62. The predicted octanol–water partition coefficient (Wildman–Crippen LogP) is 5.16.